The Labute approximate surface area is 202 Å². The second kappa shape index (κ2) is 9.77. The third kappa shape index (κ3) is 4.59. The summed E-state index contributed by atoms with van der Waals surface area (Å²) in [5, 5.41) is 9.10. The van der Waals surface area contributed by atoms with Crippen LogP contribution in [0.25, 0.3) is 22.2 Å². The highest BCUT2D eigenvalue weighted by atomic mass is 32.1. The van der Waals surface area contributed by atoms with Crippen LogP contribution in [0.2, 0.25) is 0 Å². The predicted octanol–water partition coefficient (Wildman–Crippen LogP) is 3.91. The monoisotopic (exact) mass is 496 g/mol. The quantitative estimate of drug-likeness (QED) is 0.365. The average Bonchev–Trinajstić information content (AvgIpc) is 3.65. The molecule has 1 fully saturated rings. The average molecular weight is 497 g/mol. The second-order valence-electron chi connectivity index (χ2n) is 7.56. The molecule has 4 aromatic rings. The van der Waals surface area contributed by atoms with E-state index in [0.717, 1.165) is 17.8 Å². The Balaban J connectivity index is 1.20. The van der Waals surface area contributed by atoms with Crippen molar-refractivity contribution in [3.63, 3.8) is 0 Å². The molecule has 0 N–H and O–H groups in total. The van der Waals surface area contributed by atoms with Gasteiger partial charge in [0.2, 0.25) is 0 Å². The molecule has 1 amide bonds. The number of hydrogen-bond donors (Lipinski definition) is 0. The van der Waals surface area contributed by atoms with E-state index in [1.807, 2.05) is 10.3 Å². The Morgan fingerprint density at radius 1 is 1.12 bits per heavy atom. The third-order valence-corrected chi connectivity index (χ3v) is 7.28. The van der Waals surface area contributed by atoms with E-state index in [4.69, 9.17) is 14.2 Å². The summed E-state index contributed by atoms with van der Waals surface area (Å²) in [6.07, 6.45) is 6.46. The summed E-state index contributed by atoms with van der Waals surface area (Å²) < 4.78 is 10.2. The highest BCUT2D eigenvalue weighted by Gasteiger charge is 2.28. The Kier molecular flexibility index (Phi) is 6.41. The normalized spacial score (nSPS) is 14.3. The highest BCUT2D eigenvalue weighted by molar-refractivity contribution is 7.13. The molecule has 1 aliphatic rings. The highest BCUT2D eigenvalue weighted by Crippen LogP contribution is 2.33. The molecule has 5 rings (SSSR count). The van der Waals surface area contributed by atoms with Gasteiger partial charge in [-0.15, -0.1) is 22.7 Å². The number of piperidine rings is 1. The van der Waals surface area contributed by atoms with Gasteiger partial charge in [0.05, 0.1) is 17.8 Å². The lowest BCUT2D eigenvalue weighted by Gasteiger charge is -2.30. The summed E-state index contributed by atoms with van der Waals surface area (Å²) in [4.78, 5) is 44.0. The fraction of sp³-hybridized carbons (Fsp3) is 0.318. The molecule has 0 radical (unpaired) electrons. The van der Waals surface area contributed by atoms with Crippen LogP contribution in [0, 0.1) is 0 Å². The zero-order valence-electron chi connectivity index (χ0n) is 18.2. The lowest BCUT2D eigenvalue weighted by molar-refractivity contribution is 0.0514. The minimum Gasteiger partial charge on any atom is -0.461 e. The van der Waals surface area contributed by atoms with Crippen molar-refractivity contribution in [3.05, 3.63) is 51.8 Å². The summed E-state index contributed by atoms with van der Waals surface area (Å²) in [6.45, 7) is 3.27. The number of rotatable bonds is 6. The molecule has 1 saturated heterocycles. The van der Waals surface area contributed by atoms with Crippen LogP contribution in [0.4, 0.5) is 0 Å². The standard InChI is InChI=1S/C22H20N6O4S2/c1-2-31-22(30)14-9-18(32-27-14)16-11-33-19(25-16)13-3-7-28(8-4-13)21(29)17-12-34-20(26-17)15-10-23-5-6-24-15/h5-6,9-13H,2-4,7-8H2,1H3. The van der Waals surface area contributed by atoms with Crippen LogP contribution in [-0.2, 0) is 4.74 Å². The van der Waals surface area contributed by atoms with Gasteiger partial charge in [-0.3, -0.25) is 14.8 Å². The molecule has 4 aromatic heterocycles. The van der Waals surface area contributed by atoms with Crippen LogP contribution in [-0.4, -0.2) is 61.6 Å². The topological polar surface area (TPSA) is 124 Å². The number of aromatic nitrogens is 5. The smallest absolute Gasteiger partial charge is 0.360 e. The van der Waals surface area contributed by atoms with Gasteiger partial charge in [-0.2, -0.15) is 0 Å². The van der Waals surface area contributed by atoms with Crippen molar-refractivity contribution >= 4 is 34.6 Å². The Morgan fingerprint density at radius 3 is 2.74 bits per heavy atom. The number of nitrogens with zero attached hydrogens (tertiary/aromatic N) is 6. The van der Waals surface area contributed by atoms with Crippen LogP contribution in [0.1, 0.15) is 51.7 Å². The molecule has 10 nitrogen and oxygen atoms in total. The molecule has 0 bridgehead atoms. The van der Waals surface area contributed by atoms with E-state index in [2.05, 4.69) is 20.1 Å². The van der Waals surface area contributed by atoms with Gasteiger partial charge in [0.1, 0.15) is 22.1 Å². The minimum absolute atomic E-state index is 0.0715. The first-order valence-electron chi connectivity index (χ1n) is 10.7. The van der Waals surface area contributed by atoms with Crippen LogP contribution in [0.5, 0.6) is 0 Å². The van der Waals surface area contributed by atoms with Gasteiger partial charge < -0.3 is 14.2 Å². The molecule has 34 heavy (non-hydrogen) atoms. The number of amides is 1. The summed E-state index contributed by atoms with van der Waals surface area (Å²) in [5.74, 6) is 0.0909. The molecule has 0 spiro atoms. The molecular weight excluding hydrogens is 476 g/mol. The zero-order chi connectivity index (χ0) is 23.5. The number of thiazole rings is 2. The van der Waals surface area contributed by atoms with Crippen molar-refractivity contribution in [1.29, 1.82) is 0 Å². The molecule has 0 unspecified atom stereocenters. The third-order valence-electron chi connectivity index (χ3n) is 5.41. The minimum atomic E-state index is -0.520. The van der Waals surface area contributed by atoms with Crippen molar-refractivity contribution in [2.24, 2.45) is 0 Å². The first kappa shape index (κ1) is 22.3. The summed E-state index contributed by atoms with van der Waals surface area (Å²) in [6, 6.07) is 1.54. The van der Waals surface area contributed by atoms with Gasteiger partial charge in [-0.05, 0) is 19.8 Å². The fourth-order valence-electron chi connectivity index (χ4n) is 3.68. The molecule has 12 heteroatoms. The van der Waals surface area contributed by atoms with Crippen LogP contribution < -0.4 is 0 Å². The number of hydrogen-bond acceptors (Lipinski definition) is 11. The Bertz CT molecular complexity index is 1290. The molecular formula is C22H20N6O4S2. The lowest BCUT2D eigenvalue weighted by Crippen LogP contribution is -2.38. The van der Waals surface area contributed by atoms with Crippen LogP contribution >= 0.6 is 22.7 Å². The van der Waals surface area contributed by atoms with E-state index >= 15 is 0 Å². The van der Waals surface area contributed by atoms with Gasteiger partial charge in [0.15, 0.2) is 11.5 Å². The maximum atomic E-state index is 12.9. The van der Waals surface area contributed by atoms with Crippen molar-refractivity contribution in [1.82, 2.24) is 30.0 Å². The van der Waals surface area contributed by atoms with Crippen molar-refractivity contribution in [2.75, 3.05) is 19.7 Å². The summed E-state index contributed by atoms with van der Waals surface area (Å²) in [5.41, 5.74) is 1.86. The maximum Gasteiger partial charge on any atom is 0.360 e. The van der Waals surface area contributed by atoms with E-state index in [9.17, 15) is 9.59 Å². The van der Waals surface area contributed by atoms with Gasteiger partial charge in [0.25, 0.3) is 5.91 Å². The van der Waals surface area contributed by atoms with E-state index in [1.54, 1.807) is 48.3 Å². The molecule has 0 aliphatic carbocycles. The maximum absolute atomic E-state index is 12.9. The molecule has 5 heterocycles. The van der Waals surface area contributed by atoms with Gasteiger partial charge >= 0.3 is 5.97 Å². The number of carbonyl (C=O) groups is 2. The number of esters is 1. The summed E-state index contributed by atoms with van der Waals surface area (Å²) in [7, 11) is 0. The molecule has 1 aliphatic heterocycles. The van der Waals surface area contributed by atoms with Crippen molar-refractivity contribution < 1.29 is 18.8 Å². The van der Waals surface area contributed by atoms with Gasteiger partial charge in [0, 0.05) is 48.2 Å². The first-order valence-corrected chi connectivity index (χ1v) is 12.5. The predicted molar refractivity (Wildman–Crippen MR) is 125 cm³/mol. The van der Waals surface area contributed by atoms with Crippen LogP contribution in [0.15, 0.2) is 39.9 Å². The zero-order valence-corrected chi connectivity index (χ0v) is 19.8. The first-order chi connectivity index (χ1) is 16.6. The SMILES string of the molecule is CCOC(=O)c1cc(-c2csc(C3CCN(C(=O)c4csc(-c5cnccn5)n4)CC3)n2)on1. The van der Waals surface area contributed by atoms with E-state index in [1.165, 1.54) is 11.3 Å². The van der Waals surface area contributed by atoms with Crippen LogP contribution in [0.3, 0.4) is 0 Å². The largest absolute Gasteiger partial charge is 0.461 e. The molecule has 0 aromatic carbocycles. The Morgan fingerprint density at radius 2 is 1.97 bits per heavy atom. The summed E-state index contributed by atoms with van der Waals surface area (Å²) >= 11 is 2.93. The molecule has 174 valence electrons. The number of carbonyl (C=O) groups excluding carboxylic acids is 2. The van der Waals surface area contributed by atoms with E-state index in [0.29, 0.717) is 40.9 Å². The second-order valence-corrected chi connectivity index (χ2v) is 9.31. The van der Waals surface area contributed by atoms with Crippen molar-refractivity contribution in [2.45, 2.75) is 25.7 Å². The van der Waals surface area contributed by atoms with E-state index in [-0.39, 0.29) is 24.1 Å². The molecule has 0 atom stereocenters. The van der Waals surface area contributed by atoms with E-state index < -0.39 is 5.97 Å². The van der Waals surface area contributed by atoms with Gasteiger partial charge in [-0.1, -0.05) is 5.16 Å². The number of likely N-dealkylation sites (tertiary alicyclic amines) is 1. The molecule has 0 saturated carbocycles. The van der Waals surface area contributed by atoms with Crippen molar-refractivity contribution in [3.8, 4) is 22.2 Å². The Hall–Kier alpha value is -3.51. The number of ether oxygens (including phenoxy) is 1. The van der Waals surface area contributed by atoms with Gasteiger partial charge in [-0.25, -0.2) is 14.8 Å². The fourth-order valence-corrected chi connectivity index (χ4v) is 5.41. The lowest BCUT2D eigenvalue weighted by atomic mass is 9.97.